The third-order valence-corrected chi connectivity index (χ3v) is 7.27. The first-order chi connectivity index (χ1) is 18.0. The molecule has 3 aromatic rings. The van der Waals surface area contributed by atoms with Gasteiger partial charge in [-0.1, -0.05) is 92.1 Å². The van der Waals surface area contributed by atoms with Crippen molar-refractivity contribution in [3.05, 3.63) is 101 Å². The summed E-state index contributed by atoms with van der Waals surface area (Å²) in [4.78, 5) is 29.3. The maximum atomic E-state index is 13.8. The summed E-state index contributed by atoms with van der Waals surface area (Å²) in [5.41, 5.74) is 4.10. The van der Waals surface area contributed by atoms with Gasteiger partial charge in [0, 0.05) is 19.0 Å². The van der Waals surface area contributed by atoms with E-state index in [2.05, 4.69) is 5.32 Å². The molecule has 0 heterocycles. The lowest BCUT2D eigenvalue weighted by Gasteiger charge is -2.33. The standard InChI is InChI=1S/C32H38N2O3/c1-24-13-9-11-17-27(24)22-34(31(35)23-37-30-20-12-10-14-25(30)2)29(21-26-15-5-3-6-16-26)32(36)33-28-18-7-4-8-19-28/h3,5-6,9-17,20,28-29H,4,7-8,18-19,21-23H2,1-2H3,(H,33,36)/t29-/m1/s1. The number of aryl methyl sites for hydroxylation is 2. The molecule has 1 fully saturated rings. The number of hydrogen-bond acceptors (Lipinski definition) is 3. The lowest BCUT2D eigenvalue weighted by molar-refractivity contribution is -0.143. The summed E-state index contributed by atoms with van der Waals surface area (Å²) >= 11 is 0. The average molecular weight is 499 g/mol. The summed E-state index contributed by atoms with van der Waals surface area (Å²) in [6.45, 7) is 4.22. The van der Waals surface area contributed by atoms with E-state index in [0.29, 0.717) is 18.7 Å². The molecule has 0 unspecified atom stereocenters. The van der Waals surface area contributed by atoms with Gasteiger partial charge in [0.1, 0.15) is 11.8 Å². The van der Waals surface area contributed by atoms with Crippen molar-refractivity contribution in [2.45, 2.75) is 71.0 Å². The number of para-hydroxylation sites is 1. The van der Waals surface area contributed by atoms with Crippen LogP contribution in [0.15, 0.2) is 78.9 Å². The number of nitrogens with one attached hydrogen (secondary N) is 1. The first kappa shape index (κ1) is 26.5. The highest BCUT2D eigenvalue weighted by atomic mass is 16.5. The Kier molecular flexibility index (Phi) is 9.36. The van der Waals surface area contributed by atoms with E-state index in [0.717, 1.165) is 47.9 Å². The van der Waals surface area contributed by atoms with Gasteiger partial charge in [0.2, 0.25) is 5.91 Å². The number of rotatable bonds is 10. The number of carbonyl (C=O) groups is 2. The highest BCUT2D eigenvalue weighted by Gasteiger charge is 2.32. The number of hydrogen-bond donors (Lipinski definition) is 1. The van der Waals surface area contributed by atoms with E-state index in [4.69, 9.17) is 4.74 Å². The van der Waals surface area contributed by atoms with Gasteiger partial charge in [-0.05, 0) is 55.0 Å². The number of ether oxygens (including phenoxy) is 1. The van der Waals surface area contributed by atoms with Crippen molar-refractivity contribution in [3.63, 3.8) is 0 Å². The number of carbonyl (C=O) groups excluding carboxylic acids is 2. The molecule has 1 saturated carbocycles. The van der Waals surface area contributed by atoms with E-state index < -0.39 is 6.04 Å². The van der Waals surface area contributed by atoms with Crippen LogP contribution in [0.3, 0.4) is 0 Å². The molecule has 3 aromatic carbocycles. The Labute approximate surface area is 220 Å². The van der Waals surface area contributed by atoms with Gasteiger partial charge in [-0.2, -0.15) is 0 Å². The second kappa shape index (κ2) is 13.1. The molecule has 0 saturated heterocycles. The van der Waals surface area contributed by atoms with E-state index >= 15 is 0 Å². The van der Waals surface area contributed by atoms with Crippen molar-refractivity contribution in [2.24, 2.45) is 0 Å². The van der Waals surface area contributed by atoms with Crippen molar-refractivity contribution in [1.29, 1.82) is 0 Å². The van der Waals surface area contributed by atoms with Crippen LogP contribution in [-0.4, -0.2) is 35.4 Å². The molecule has 1 aliphatic carbocycles. The molecule has 0 aromatic heterocycles. The van der Waals surface area contributed by atoms with Gasteiger partial charge in [-0.3, -0.25) is 9.59 Å². The highest BCUT2D eigenvalue weighted by Crippen LogP contribution is 2.21. The molecule has 0 spiro atoms. The normalized spacial score (nSPS) is 14.5. The number of amides is 2. The Bertz CT molecular complexity index is 1170. The van der Waals surface area contributed by atoms with Crippen LogP contribution in [0.2, 0.25) is 0 Å². The minimum absolute atomic E-state index is 0.0893. The van der Waals surface area contributed by atoms with Crippen LogP contribution < -0.4 is 10.1 Å². The van der Waals surface area contributed by atoms with Crippen LogP contribution in [-0.2, 0) is 22.6 Å². The lowest BCUT2D eigenvalue weighted by atomic mass is 9.94. The van der Waals surface area contributed by atoms with Crippen molar-refractivity contribution >= 4 is 11.8 Å². The van der Waals surface area contributed by atoms with Crippen LogP contribution in [0.25, 0.3) is 0 Å². The summed E-state index contributed by atoms with van der Waals surface area (Å²) in [6.07, 6.45) is 5.90. The van der Waals surface area contributed by atoms with Crippen LogP contribution in [0.1, 0.15) is 54.4 Å². The first-order valence-electron chi connectivity index (χ1n) is 13.4. The van der Waals surface area contributed by atoms with Crippen molar-refractivity contribution in [3.8, 4) is 5.75 Å². The fourth-order valence-electron chi connectivity index (χ4n) is 5.01. The Morgan fingerprint density at radius 3 is 2.22 bits per heavy atom. The van der Waals surface area contributed by atoms with E-state index in [-0.39, 0.29) is 24.5 Å². The Morgan fingerprint density at radius 2 is 1.51 bits per heavy atom. The fourth-order valence-corrected chi connectivity index (χ4v) is 5.01. The molecular weight excluding hydrogens is 460 g/mol. The first-order valence-corrected chi connectivity index (χ1v) is 13.4. The van der Waals surface area contributed by atoms with E-state index in [1.54, 1.807) is 4.90 Å². The molecule has 2 amide bonds. The minimum atomic E-state index is -0.642. The van der Waals surface area contributed by atoms with Gasteiger partial charge in [-0.15, -0.1) is 0 Å². The zero-order chi connectivity index (χ0) is 26.0. The summed E-state index contributed by atoms with van der Waals surface area (Å²) < 4.78 is 5.95. The SMILES string of the molecule is Cc1ccccc1CN(C(=O)COc1ccccc1C)[C@H](Cc1ccccc1)C(=O)NC1CCCCC1. The molecular formula is C32H38N2O3. The lowest BCUT2D eigenvalue weighted by Crippen LogP contribution is -2.53. The predicted molar refractivity (Wildman–Crippen MR) is 147 cm³/mol. The Morgan fingerprint density at radius 1 is 0.865 bits per heavy atom. The molecule has 0 bridgehead atoms. The Balaban J connectivity index is 1.62. The summed E-state index contributed by atoms with van der Waals surface area (Å²) in [5.74, 6) is 0.387. The van der Waals surface area contributed by atoms with Gasteiger partial charge in [0.05, 0.1) is 0 Å². The molecule has 0 aliphatic heterocycles. The van der Waals surface area contributed by atoms with E-state index in [1.807, 2.05) is 92.7 Å². The fraction of sp³-hybridized carbons (Fsp3) is 0.375. The van der Waals surface area contributed by atoms with Gasteiger partial charge in [0.25, 0.3) is 5.91 Å². The van der Waals surface area contributed by atoms with Gasteiger partial charge in [0.15, 0.2) is 6.61 Å². The summed E-state index contributed by atoms with van der Waals surface area (Å²) in [7, 11) is 0. The second-order valence-corrected chi connectivity index (χ2v) is 10.1. The van der Waals surface area contributed by atoms with Crippen LogP contribution >= 0.6 is 0 Å². The van der Waals surface area contributed by atoms with Crippen LogP contribution in [0, 0.1) is 13.8 Å². The van der Waals surface area contributed by atoms with Crippen molar-refractivity contribution < 1.29 is 14.3 Å². The predicted octanol–water partition coefficient (Wildman–Crippen LogP) is 5.77. The molecule has 5 nitrogen and oxygen atoms in total. The van der Waals surface area contributed by atoms with Gasteiger partial charge in [-0.25, -0.2) is 0 Å². The Hall–Kier alpha value is -3.60. The maximum absolute atomic E-state index is 13.8. The molecule has 1 aliphatic rings. The van der Waals surface area contributed by atoms with Crippen LogP contribution in [0.4, 0.5) is 0 Å². The molecule has 1 N–H and O–H groups in total. The zero-order valence-electron chi connectivity index (χ0n) is 22.0. The van der Waals surface area contributed by atoms with Crippen molar-refractivity contribution in [2.75, 3.05) is 6.61 Å². The molecule has 1 atom stereocenters. The molecule has 4 rings (SSSR count). The van der Waals surface area contributed by atoms with E-state index in [9.17, 15) is 9.59 Å². The molecule has 194 valence electrons. The number of nitrogens with zero attached hydrogens (tertiary/aromatic N) is 1. The van der Waals surface area contributed by atoms with E-state index in [1.165, 1.54) is 6.42 Å². The zero-order valence-corrected chi connectivity index (χ0v) is 22.0. The summed E-state index contributed by atoms with van der Waals surface area (Å²) in [5, 5.41) is 3.28. The van der Waals surface area contributed by atoms with Gasteiger partial charge < -0.3 is 15.0 Å². The third kappa shape index (κ3) is 7.45. The topological polar surface area (TPSA) is 58.6 Å². The molecule has 5 heteroatoms. The monoisotopic (exact) mass is 498 g/mol. The average Bonchev–Trinajstić information content (AvgIpc) is 2.92. The number of benzene rings is 3. The smallest absolute Gasteiger partial charge is 0.261 e. The summed E-state index contributed by atoms with van der Waals surface area (Å²) in [6, 6.07) is 25.2. The quantitative estimate of drug-likeness (QED) is 0.386. The third-order valence-electron chi connectivity index (χ3n) is 7.27. The minimum Gasteiger partial charge on any atom is -0.484 e. The highest BCUT2D eigenvalue weighted by molar-refractivity contribution is 5.88. The second-order valence-electron chi connectivity index (χ2n) is 10.1. The van der Waals surface area contributed by atoms with Crippen LogP contribution in [0.5, 0.6) is 5.75 Å². The molecule has 0 radical (unpaired) electrons. The van der Waals surface area contributed by atoms with Gasteiger partial charge >= 0.3 is 0 Å². The largest absolute Gasteiger partial charge is 0.484 e. The van der Waals surface area contributed by atoms with Crippen molar-refractivity contribution in [1.82, 2.24) is 10.2 Å². The molecule has 37 heavy (non-hydrogen) atoms. The maximum Gasteiger partial charge on any atom is 0.261 e.